The molecule has 0 radical (unpaired) electrons. The Morgan fingerprint density at radius 2 is 1.95 bits per heavy atom. The van der Waals surface area contributed by atoms with Crippen molar-refractivity contribution in [1.82, 2.24) is 5.32 Å². The highest BCUT2D eigenvalue weighted by Crippen LogP contribution is 2.16. The number of rotatable bonds is 6. The van der Waals surface area contributed by atoms with Gasteiger partial charge in [-0.1, -0.05) is 12.1 Å². The molecule has 1 heterocycles. The summed E-state index contributed by atoms with van der Waals surface area (Å²) >= 11 is 0. The highest BCUT2D eigenvalue weighted by atomic mass is 32.2. The maximum Gasteiger partial charge on any atom is 0.175 e. The molecule has 0 aliphatic heterocycles. The lowest BCUT2D eigenvalue weighted by molar-refractivity contribution is 0.174. The van der Waals surface area contributed by atoms with E-state index in [1.165, 1.54) is 12.1 Å². The molecule has 2 rings (SSSR count). The summed E-state index contributed by atoms with van der Waals surface area (Å²) < 4.78 is 27.6. The van der Waals surface area contributed by atoms with E-state index in [1.807, 2.05) is 6.07 Å². The van der Waals surface area contributed by atoms with Crippen LogP contribution in [-0.2, 0) is 16.4 Å². The zero-order valence-corrected chi connectivity index (χ0v) is 11.9. The second kappa shape index (κ2) is 6.21. The molecule has 0 saturated carbocycles. The van der Waals surface area contributed by atoms with Gasteiger partial charge in [0.2, 0.25) is 0 Å². The molecule has 5 nitrogen and oxygen atoms in total. The molecule has 0 amide bonds. The molecule has 6 heteroatoms. The van der Waals surface area contributed by atoms with Crippen molar-refractivity contribution in [2.24, 2.45) is 0 Å². The van der Waals surface area contributed by atoms with Gasteiger partial charge in [-0.25, -0.2) is 8.42 Å². The van der Waals surface area contributed by atoms with E-state index < -0.39 is 15.9 Å². The van der Waals surface area contributed by atoms with Gasteiger partial charge in [-0.15, -0.1) is 0 Å². The van der Waals surface area contributed by atoms with Crippen molar-refractivity contribution < 1.29 is 17.9 Å². The minimum Gasteiger partial charge on any atom is -0.472 e. The quantitative estimate of drug-likeness (QED) is 0.844. The van der Waals surface area contributed by atoms with Crippen LogP contribution in [0.1, 0.15) is 17.2 Å². The molecule has 2 N–H and O–H groups in total. The second-order valence-corrected chi connectivity index (χ2v) is 6.64. The van der Waals surface area contributed by atoms with Crippen LogP contribution in [0.3, 0.4) is 0 Å². The highest BCUT2D eigenvalue weighted by Gasteiger charge is 2.10. The lowest BCUT2D eigenvalue weighted by Crippen LogP contribution is -2.20. The van der Waals surface area contributed by atoms with Gasteiger partial charge >= 0.3 is 0 Å². The number of aliphatic hydroxyl groups is 1. The molecule has 1 unspecified atom stereocenters. The summed E-state index contributed by atoms with van der Waals surface area (Å²) in [5, 5.41) is 13.1. The molecule has 0 saturated heterocycles. The Bertz CT molecular complexity index is 632. The summed E-state index contributed by atoms with van der Waals surface area (Å²) in [7, 11) is -3.20. The average Bonchev–Trinajstić information content (AvgIpc) is 2.91. The molecule has 1 aromatic heterocycles. The van der Waals surface area contributed by atoms with Crippen LogP contribution in [0.4, 0.5) is 0 Å². The Kier molecular flexibility index (Phi) is 4.59. The summed E-state index contributed by atoms with van der Waals surface area (Å²) in [4.78, 5) is 0.250. The normalized spacial score (nSPS) is 13.3. The predicted molar refractivity (Wildman–Crippen MR) is 74.9 cm³/mol. The standard InChI is InChI=1S/C14H17NO4S/c1-20(17,18)13-4-2-12(3-5-13)14(16)9-15-8-11-6-7-19-10-11/h2-7,10,14-16H,8-9H2,1H3. The maximum atomic E-state index is 11.3. The molecule has 20 heavy (non-hydrogen) atoms. The number of hydrogen-bond donors (Lipinski definition) is 2. The minimum atomic E-state index is -3.20. The van der Waals surface area contributed by atoms with Crippen molar-refractivity contribution in [2.45, 2.75) is 17.5 Å². The molecule has 0 aliphatic carbocycles. The van der Waals surface area contributed by atoms with Crippen molar-refractivity contribution in [3.63, 3.8) is 0 Å². The Morgan fingerprint density at radius 1 is 1.25 bits per heavy atom. The third kappa shape index (κ3) is 3.93. The van der Waals surface area contributed by atoms with Gasteiger partial charge < -0.3 is 14.8 Å². The van der Waals surface area contributed by atoms with E-state index in [-0.39, 0.29) is 4.90 Å². The van der Waals surface area contributed by atoms with E-state index in [2.05, 4.69) is 5.32 Å². The smallest absolute Gasteiger partial charge is 0.175 e. The minimum absolute atomic E-state index is 0.250. The summed E-state index contributed by atoms with van der Waals surface area (Å²) in [6, 6.07) is 8.11. The Labute approximate surface area is 118 Å². The molecule has 1 aromatic carbocycles. The number of sulfone groups is 1. The zero-order valence-electron chi connectivity index (χ0n) is 11.1. The van der Waals surface area contributed by atoms with E-state index in [0.717, 1.165) is 11.8 Å². The first kappa shape index (κ1) is 14.8. The topological polar surface area (TPSA) is 79.5 Å². The Morgan fingerprint density at radius 3 is 2.50 bits per heavy atom. The fourth-order valence-electron chi connectivity index (χ4n) is 1.80. The SMILES string of the molecule is CS(=O)(=O)c1ccc(C(O)CNCc2ccoc2)cc1. The predicted octanol–water partition coefficient (Wildman–Crippen LogP) is 1.51. The van der Waals surface area contributed by atoms with E-state index in [9.17, 15) is 13.5 Å². The fourth-order valence-corrected chi connectivity index (χ4v) is 2.43. The van der Waals surface area contributed by atoms with Crippen molar-refractivity contribution in [2.75, 3.05) is 12.8 Å². The fraction of sp³-hybridized carbons (Fsp3) is 0.286. The van der Waals surface area contributed by atoms with Crippen LogP contribution >= 0.6 is 0 Å². The highest BCUT2D eigenvalue weighted by molar-refractivity contribution is 7.90. The summed E-state index contributed by atoms with van der Waals surface area (Å²) in [5.41, 5.74) is 1.68. The molecule has 1 atom stereocenters. The van der Waals surface area contributed by atoms with Gasteiger partial charge in [-0.05, 0) is 23.8 Å². The first-order chi connectivity index (χ1) is 9.47. The third-order valence-electron chi connectivity index (χ3n) is 2.94. The van der Waals surface area contributed by atoms with Crippen LogP contribution in [0.5, 0.6) is 0 Å². The van der Waals surface area contributed by atoms with E-state index in [4.69, 9.17) is 4.42 Å². The third-order valence-corrected chi connectivity index (χ3v) is 4.07. The lowest BCUT2D eigenvalue weighted by Gasteiger charge is -2.12. The van der Waals surface area contributed by atoms with E-state index in [1.54, 1.807) is 24.7 Å². The lowest BCUT2D eigenvalue weighted by atomic mass is 10.1. The molecule has 2 aromatic rings. The van der Waals surface area contributed by atoms with Gasteiger partial charge in [0.1, 0.15) is 0 Å². The molecular weight excluding hydrogens is 278 g/mol. The Balaban J connectivity index is 1.90. The molecule has 108 valence electrons. The van der Waals surface area contributed by atoms with Gasteiger partial charge in [0, 0.05) is 24.9 Å². The summed E-state index contributed by atoms with van der Waals surface area (Å²) in [5.74, 6) is 0. The van der Waals surface area contributed by atoms with Gasteiger partial charge in [0.25, 0.3) is 0 Å². The molecule has 0 fully saturated rings. The molecule has 0 aliphatic rings. The number of hydrogen-bond acceptors (Lipinski definition) is 5. The molecular formula is C14H17NO4S. The average molecular weight is 295 g/mol. The number of furan rings is 1. The first-order valence-electron chi connectivity index (χ1n) is 6.16. The summed E-state index contributed by atoms with van der Waals surface area (Å²) in [6.45, 7) is 0.985. The molecule has 0 spiro atoms. The van der Waals surface area contributed by atoms with Gasteiger partial charge in [-0.3, -0.25) is 0 Å². The second-order valence-electron chi connectivity index (χ2n) is 4.62. The van der Waals surface area contributed by atoms with E-state index >= 15 is 0 Å². The largest absolute Gasteiger partial charge is 0.472 e. The number of nitrogens with one attached hydrogen (secondary N) is 1. The number of aliphatic hydroxyl groups excluding tert-OH is 1. The Hall–Kier alpha value is -1.63. The van der Waals surface area contributed by atoms with Crippen LogP contribution in [0.2, 0.25) is 0 Å². The van der Waals surface area contributed by atoms with Crippen molar-refractivity contribution >= 4 is 9.84 Å². The van der Waals surface area contributed by atoms with Crippen LogP contribution < -0.4 is 5.32 Å². The number of benzene rings is 1. The molecule has 0 bridgehead atoms. The first-order valence-corrected chi connectivity index (χ1v) is 8.06. The van der Waals surface area contributed by atoms with Crippen molar-refractivity contribution in [1.29, 1.82) is 0 Å². The van der Waals surface area contributed by atoms with Gasteiger partial charge in [0.05, 0.1) is 23.5 Å². The van der Waals surface area contributed by atoms with Crippen LogP contribution in [-0.4, -0.2) is 26.3 Å². The summed E-state index contributed by atoms with van der Waals surface area (Å²) in [6.07, 6.45) is 3.71. The monoisotopic (exact) mass is 295 g/mol. The van der Waals surface area contributed by atoms with E-state index in [0.29, 0.717) is 18.7 Å². The van der Waals surface area contributed by atoms with Crippen molar-refractivity contribution in [3.8, 4) is 0 Å². The van der Waals surface area contributed by atoms with Gasteiger partial charge in [0.15, 0.2) is 9.84 Å². The van der Waals surface area contributed by atoms with Crippen LogP contribution in [0.15, 0.2) is 52.2 Å². The zero-order chi connectivity index (χ0) is 14.6. The maximum absolute atomic E-state index is 11.3. The van der Waals surface area contributed by atoms with Crippen molar-refractivity contribution in [3.05, 3.63) is 54.0 Å². The van der Waals surface area contributed by atoms with Crippen LogP contribution in [0, 0.1) is 0 Å². The van der Waals surface area contributed by atoms with Crippen LogP contribution in [0.25, 0.3) is 0 Å². The van der Waals surface area contributed by atoms with Gasteiger partial charge in [-0.2, -0.15) is 0 Å².